The van der Waals surface area contributed by atoms with E-state index in [1.54, 1.807) is 30.3 Å². The minimum Gasteiger partial charge on any atom is -0.397 e. The monoisotopic (exact) mass is 345 g/mol. The van der Waals surface area contributed by atoms with Crippen LogP contribution in [-0.2, 0) is 16.6 Å². The van der Waals surface area contributed by atoms with Gasteiger partial charge in [0.25, 0.3) is 0 Å². The van der Waals surface area contributed by atoms with E-state index in [0.717, 1.165) is 23.7 Å². The molecule has 4 N–H and O–H groups in total. The van der Waals surface area contributed by atoms with E-state index >= 15 is 0 Å². The van der Waals surface area contributed by atoms with Crippen molar-refractivity contribution in [3.05, 3.63) is 54.1 Å². The Kier molecular flexibility index (Phi) is 5.06. The van der Waals surface area contributed by atoms with Crippen molar-refractivity contribution < 1.29 is 8.42 Å². The molecule has 3 rings (SSSR count). The van der Waals surface area contributed by atoms with Crippen LogP contribution in [0.3, 0.4) is 0 Å². The molecule has 0 spiro atoms. The van der Waals surface area contributed by atoms with Gasteiger partial charge in [0.1, 0.15) is 0 Å². The summed E-state index contributed by atoms with van der Waals surface area (Å²) < 4.78 is 27.0. The molecule has 0 saturated heterocycles. The van der Waals surface area contributed by atoms with Crippen molar-refractivity contribution in [2.75, 3.05) is 17.6 Å². The van der Waals surface area contributed by atoms with E-state index in [4.69, 9.17) is 5.73 Å². The van der Waals surface area contributed by atoms with Gasteiger partial charge in [0.2, 0.25) is 10.0 Å². The van der Waals surface area contributed by atoms with Crippen molar-refractivity contribution in [3.63, 3.8) is 0 Å². The van der Waals surface area contributed by atoms with Gasteiger partial charge in [-0.1, -0.05) is 30.7 Å². The van der Waals surface area contributed by atoms with E-state index in [1.807, 2.05) is 18.2 Å². The number of nitrogen functional groups attached to an aromatic ring is 1. The molecule has 1 fully saturated rings. The molecule has 128 valence electrons. The Morgan fingerprint density at radius 3 is 2.46 bits per heavy atom. The second-order valence-electron chi connectivity index (χ2n) is 6.24. The molecule has 0 radical (unpaired) electrons. The lowest BCUT2D eigenvalue weighted by molar-refractivity contribution is 0.333. The van der Waals surface area contributed by atoms with Crippen molar-refractivity contribution in [1.29, 1.82) is 0 Å². The van der Waals surface area contributed by atoms with Crippen LogP contribution in [0, 0.1) is 5.92 Å². The SMILES string of the molecule is Nc1cc(CNS(=O)(=O)c2ccccc2)ccc1NCC1CCC1. The zero-order valence-corrected chi connectivity index (χ0v) is 14.4. The lowest BCUT2D eigenvalue weighted by atomic mass is 9.85. The third kappa shape index (κ3) is 4.07. The molecule has 0 atom stereocenters. The Labute approximate surface area is 143 Å². The van der Waals surface area contributed by atoms with E-state index in [-0.39, 0.29) is 11.4 Å². The molecule has 6 heteroatoms. The predicted molar refractivity (Wildman–Crippen MR) is 97.2 cm³/mol. The fraction of sp³-hybridized carbons (Fsp3) is 0.333. The van der Waals surface area contributed by atoms with Gasteiger partial charge in [0, 0.05) is 13.1 Å². The molecule has 0 aliphatic heterocycles. The Morgan fingerprint density at radius 2 is 1.83 bits per heavy atom. The Balaban J connectivity index is 1.60. The standard InChI is InChI=1S/C18H23N3O2S/c19-17-11-15(9-10-18(17)20-12-14-5-4-6-14)13-21-24(22,23)16-7-2-1-3-8-16/h1-3,7-11,14,20-21H,4-6,12-13,19H2. The molecule has 0 unspecified atom stereocenters. The van der Waals surface area contributed by atoms with Gasteiger partial charge in [-0.25, -0.2) is 13.1 Å². The van der Waals surface area contributed by atoms with Gasteiger partial charge in [-0.15, -0.1) is 0 Å². The average molecular weight is 345 g/mol. The van der Waals surface area contributed by atoms with E-state index in [2.05, 4.69) is 10.0 Å². The Hall–Kier alpha value is -2.05. The zero-order valence-electron chi connectivity index (χ0n) is 13.5. The van der Waals surface area contributed by atoms with Crippen molar-refractivity contribution in [2.45, 2.75) is 30.7 Å². The minimum atomic E-state index is -3.51. The molecule has 1 aliphatic carbocycles. The van der Waals surface area contributed by atoms with Crippen LogP contribution in [0.2, 0.25) is 0 Å². The van der Waals surface area contributed by atoms with Crippen LogP contribution in [0.4, 0.5) is 11.4 Å². The maximum Gasteiger partial charge on any atom is 0.240 e. The first kappa shape index (κ1) is 16.8. The highest BCUT2D eigenvalue weighted by Gasteiger charge is 2.17. The lowest BCUT2D eigenvalue weighted by Gasteiger charge is -2.26. The summed E-state index contributed by atoms with van der Waals surface area (Å²) in [7, 11) is -3.51. The highest BCUT2D eigenvalue weighted by Crippen LogP contribution is 2.28. The molecule has 0 heterocycles. The minimum absolute atomic E-state index is 0.213. The summed E-state index contributed by atoms with van der Waals surface area (Å²) in [5.41, 5.74) is 8.47. The number of nitrogens with two attached hydrogens (primary N) is 1. The predicted octanol–water partition coefficient (Wildman–Crippen LogP) is 2.96. The van der Waals surface area contributed by atoms with Gasteiger partial charge >= 0.3 is 0 Å². The van der Waals surface area contributed by atoms with Crippen LogP contribution in [0.25, 0.3) is 0 Å². The molecule has 0 amide bonds. The summed E-state index contributed by atoms with van der Waals surface area (Å²) in [5.74, 6) is 0.752. The Bertz CT molecular complexity index is 787. The number of rotatable bonds is 7. The van der Waals surface area contributed by atoms with Crippen molar-refractivity contribution in [3.8, 4) is 0 Å². The first-order valence-electron chi connectivity index (χ1n) is 8.21. The van der Waals surface area contributed by atoms with Gasteiger partial charge in [-0.05, 0) is 48.6 Å². The molecule has 0 bridgehead atoms. The van der Waals surface area contributed by atoms with Crippen molar-refractivity contribution in [1.82, 2.24) is 4.72 Å². The van der Waals surface area contributed by atoms with Crippen LogP contribution in [-0.4, -0.2) is 15.0 Å². The number of anilines is 2. The van der Waals surface area contributed by atoms with E-state index in [0.29, 0.717) is 5.69 Å². The Morgan fingerprint density at radius 1 is 1.08 bits per heavy atom. The summed E-state index contributed by atoms with van der Waals surface area (Å²) >= 11 is 0. The van der Waals surface area contributed by atoms with Gasteiger partial charge in [0.15, 0.2) is 0 Å². The van der Waals surface area contributed by atoms with Crippen LogP contribution in [0.15, 0.2) is 53.4 Å². The van der Waals surface area contributed by atoms with E-state index in [9.17, 15) is 8.42 Å². The summed E-state index contributed by atoms with van der Waals surface area (Å²) in [4.78, 5) is 0.261. The second kappa shape index (κ2) is 7.23. The number of benzene rings is 2. The van der Waals surface area contributed by atoms with Gasteiger partial charge in [-0.2, -0.15) is 0 Å². The molecular formula is C18H23N3O2S. The molecular weight excluding hydrogens is 322 g/mol. The first-order chi connectivity index (χ1) is 11.5. The second-order valence-corrected chi connectivity index (χ2v) is 8.00. The van der Waals surface area contributed by atoms with E-state index < -0.39 is 10.0 Å². The van der Waals surface area contributed by atoms with Crippen LogP contribution < -0.4 is 15.8 Å². The summed E-state index contributed by atoms with van der Waals surface area (Å²) in [5, 5.41) is 3.38. The maximum atomic E-state index is 12.2. The third-order valence-electron chi connectivity index (χ3n) is 4.44. The number of hydrogen-bond donors (Lipinski definition) is 3. The van der Waals surface area contributed by atoms with Gasteiger partial charge in [0.05, 0.1) is 16.3 Å². The molecule has 0 aromatic heterocycles. The fourth-order valence-electron chi connectivity index (χ4n) is 2.70. The average Bonchev–Trinajstić information content (AvgIpc) is 2.54. The third-order valence-corrected chi connectivity index (χ3v) is 5.86. The molecule has 1 aliphatic rings. The number of hydrogen-bond acceptors (Lipinski definition) is 4. The van der Waals surface area contributed by atoms with Crippen molar-refractivity contribution >= 4 is 21.4 Å². The summed E-state index contributed by atoms with van der Waals surface area (Å²) in [6.45, 7) is 1.16. The molecule has 5 nitrogen and oxygen atoms in total. The van der Waals surface area contributed by atoms with Crippen LogP contribution in [0.1, 0.15) is 24.8 Å². The highest BCUT2D eigenvalue weighted by molar-refractivity contribution is 7.89. The number of sulfonamides is 1. The molecule has 1 saturated carbocycles. The van der Waals surface area contributed by atoms with Gasteiger partial charge in [-0.3, -0.25) is 0 Å². The zero-order chi connectivity index (χ0) is 17.0. The largest absolute Gasteiger partial charge is 0.397 e. The summed E-state index contributed by atoms with van der Waals surface area (Å²) in [6.07, 6.45) is 3.89. The smallest absolute Gasteiger partial charge is 0.240 e. The van der Waals surface area contributed by atoms with Crippen molar-refractivity contribution in [2.24, 2.45) is 5.92 Å². The topological polar surface area (TPSA) is 84.2 Å². The van der Waals surface area contributed by atoms with Gasteiger partial charge < -0.3 is 11.1 Å². The maximum absolute atomic E-state index is 12.2. The highest BCUT2D eigenvalue weighted by atomic mass is 32.2. The quantitative estimate of drug-likeness (QED) is 0.674. The normalized spacial score (nSPS) is 15.0. The van der Waals surface area contributed by atoms with Crippen LogP contribution >= 0.6 is 0 Å². The van der Waals surface area contributed by atoms with Crippen LogP contribution in [0.5, 0.6) is 0 Å². The summed E-state index contributed by atoms with van der Waals surface area (Å²) in [6, 6.07) is 14.0. The fourth-order valence-corrected chi connectivity index (χ4v) is 3.73. The first-order valence-corrected chi connectivity index (χ1v) is 9.70. The van der Waals surface area contributed by atoms with E-state index in [1.165, 1.54) is 19.3 Å². The molecule has 2 aromatic rings. The molecule has 2 aromatic carbocycles. The lowest BCUT2D eigenvalue weighted by Crippen LogP contribution is -2.23. The number of nitrogens with one attached hydrogen (secondary N) is 2. The molecule has 24 heavy (non-hydrogen) atoms.